The smallest absolute Gasteiger partial charge is 0.408 e. The standard InChI is InChI=1S/C33H47N3O4/c1-2-3-4-11-19-31(37)34-22-13-12-18-30(35-33(39)40-26-29-16-9-6-10-17-29)32(38)36-23-20-28(21-24-36)25-27-14-7-5-8-15-27/h5-10,14-17,28,30H,2-4,11-13,18-26H2,1H3,(H,34,37)(H,35,39)/t30-/m1/s1. The summed E-state index contributed by atoms with van der Waals surface area (Å²) in [7, 11) is 0. The first kappa shape index (κ1) is 31.2. The Labute approximate surface area is 240 Å². The molecule has 2 aromatic rings. The second-order valence-electron chi connectivity index (χ2n) is 10.9. The summed E-state index contributed by atoms with van der Waals surface area (Å²) in [5.41, 5.74) is 2.23. The summed E-state index contributed by atoms with van der Waals surface area (Å²) in [4.78, 5) is 40.1. The summed E-state index contributed by atoms with van der Waals surface area (Å²) >= 11 is 0. The number of amides is 3. The predicted molar refractivity (Wildman–Crippen MR) is 159 cm³/mol. The maximum atomic E-state index is 13.5. The van der Waals surface area contributed by atoms with Crippen molar-refractivity contribution >= 4 is 17.9 Å². The van der Waals surface area contributed by atoms with Gasteiger partial charge in [0.05, 0.1) is 0 Å². The van der Waals surface area contributed by atoms with Crippen molar-refractivity contribution in [1.82, 2.24) is 15.5 Å². The van der Waals surface area contributed by atoms with Gasteiger partial charge in [-0.2, -0.15) is 0 Å². The minimum absolute atomic E-state index is 0.0465. The van der Waals surface area contributed by atoms with Crippen LogP contribution in [0.3, 0.4) is 0 Å². The van der Waals surface area contributed by atoms with Gasteiger partial charge in [0, 0.05) is 26.1 Å². The zero-order valence-electron chi connectivity index (χ0n) is 24.1. The Balaban J connectivity index is 1.46. The van der Waals surface area contributed by atoms with E-state index in [0.29, 0.717) is 38.4 Å². The molecule has 0 saturated carbocycles. The monoisotopic (exact) mass is 549 g/mol. The van der Waals surface area contributed by atoms with E-state index in [1.807, 2.05) is 41.3 Å². The fourth-order valence-electron chi connectivity index (χ4n) is 5.19. The number of carbonyl (C=O) groups is 3. The maximum absolute atomic E-state index is 13.5. The molecule has 2 N–H and O–H groups in total. The quantitative estimate of drug-likeness (QED) is 0.251. The molecule has 0 unspecified atom stereocenters. The number of rotatable bonds is 16. The van der Waals surface area contributed by atoms with Gasteiger partial charge in [-0.3, -0.25) is 9.59 Å². The first-order chi connectivity index (χ1) is 19.5. The van der Waals surface area contributed by atoms with Gasteiger partial charge >= 0.3 is 6.09 Å². The first-order valence-electron chi connectivity index (χ1n) is 15.1. The summed E-state index contributed by atoms with van der Waals surface area (Å²) < 4.78 is 5.42. The molecule has 2 aromatic carbocycles. The molecule has 1 aliphatic heterocycles. The van der Waals surface area contributed by atoms with Crippen LogP contribution in [-0.4, -0.2) is 48.5 Å². The molecular weight excluding hydrogens is 502 g/mol. The molecule has 0 bridgehead atoms. The van der Waals surface area contributed by atoms with Crippen LogP contribution in [0.4, 0.5) is 4.79 Å². The third-order valence-corrected chi connectivity index (χ3v) is 7.60. The van der Waals surface area contributed by atoms with Crippen molar-refractivity contribution in [2.75, 3.05) is 19.6 Å². The highest BCUT2D eigenvalue weighted by atomic mass is 16.5. The summed E-state index contributed by atoms with van der Waals surface area (Å²) in [5, 5.41) is 5.82. The first-order valence-corrected chi connectivity index (χ1v) is 15.1. The molecule has 40 heavy (non-hydrogen) atoms. The Morgan fingerprint density at radius 3 is 2.23 bits per heavy atom. The maximum Gasteiger partial charge on any atom is 0.408 e. The Morgan fingerprint density at radius 1 is 0.875 bits per heavy atom. The van der Waals surface area contributed by atoms with E-state index in [1.165, 1.54) is 5.56 Å². The third kappa shape index (κ3) is 11.8. The number of nitrogens with one attached hydrogen (secondary N) is 2. The zero-order valence-corrected chi connectivity index (χ0v) is 24.1. The second kappa shape index (κ2) is 18.1. The van der Waals surface area contributed by atoms with Gasteiger partial charge in [-0.15, -0.1) is 0 Å². The summed E-state index contributed by atoms with van der Waals surface area (Å²) in [6, 6.07) is 19.4. The van der Waals surface area contributed by atoms with Crippen LogP contribution in [-0.2, 0) is 27.4 Å². The van der Waals surface area contributed by atoms with E-state index in [1.54, 1.807) is 0 Å². The van der Waals surface area contributed by atoms with E-state index in [4.69, 9.17) is 4.74 Å². The van der Waals surface area contributed by atoms with E-state index in [0.717, 1.165) is 63.4 Å². The Hall–Kier alpha value is -3.35. The molecule has 0 spiro atoms. The van der Waals surface area contributed by atoms with Gasteiger partial charge in [0.25, 0.3) is 0 Å². The molecule has 0 aromatic heterocycles. The van der Waals surface area contributed by atoms with E-state index < -0.39 is 12.1 Å². The van der Waals surface area contributed by atoms with Crippen LogP contribution < -0.4 is 10.6 Å². The highest BCUT2D eigenvalue weighted by Gasteiger charge is 2.29. The van der Waals surface area contributed by atoms with Gasteiger partial charge in [0.15, 0.2) is 0 Å². The average Bonchev–Trinajstić information content (AvgIpc) is 2.98. The lowest BCUT2D eigenvalue weighted by Gasteiger charge is -2.34. The van der Waals surface area contributed by atoms with E-state index >= 15 is 0 Å². The van der Waals surface area contributed by atoms with Crippen LogP contribution >= 0.6 is 0 Å². The highest BCUT2D eigenvalue weighted by molar-refractivity contribution is 5.85. The van der Waals surface area contributed by atoms with Crippen molar-refractivity contribution in [2.24, 2.45) is 5.92 Å². The number of likely N-dealkylation sites (tertiary alicyclic amines) is 1. The molecule has 0 radical (unpaired) electrons. The van der Waals surface area contributed by atoms with Gasteiger partial charge in [0.2, 0.25) is 11.8 Å². The van der Waals surface area contributed by atoms with Gasteiger partial charge < -0.3 is 20.3 Å². The van der Waals surface area contributed by atoms with Crippen LogP contribution in [0, 0.1) is 5.92 Å². The van der Waals surface area contributed by atoms with Crippen molar-refractivity contribution in [1.29, 1.82) is 0 Å². The van der Waals surface area contributed by atoms with Gasteiger partial charge in [-0.1, -0.05) is 86.8 Å². The third-order valence-electron chi connectivity index (χ3n) is 7.60. The number of hydrogen-bond acceptors (Lipinski definition) is 4. The molecule has 1 heterocycles. The topological polar surface area (TPSA) is 87.7 Å². The Kier molecular flexibility index (Phi) is 14.1. The van der Waals surface area contributed by atoms with Crippen LogP contribution in [0.25, 0.3) is 0 Å². The molecule has 3 amide bonds. The number of unbranched alkanes of at least 4 members (excludes halogenated alkanes) is 4. The van der Waals surface area contributed by atoms with Crippen LogP contribution in [0.2, 0.25) is 0 Å². The molecule has 1 atom stereocenters. The lowest BCUT2D eigenvalue weighted by atomic mass is 9.90. The minimum atomic E-state index is -0.640. The number of hydrogen-bond donors (Lipinski definition) is 2. The van der Waals surface area contributed by atoms with Crippen molar-refractivity contribution in [2.45, 2.75) is 90.2 Å². The molecule has 0 aliphatic carbocycles. The van der Waals surface area contributed by atoms with Crippen molar-refractivity contribution in [3.63, 3.8) is 0 Å². The second-order valence-corrected chi connectivity index (χ2v) is 10.9. The number of nitrogens with zero attached hydrogens (tertiary/aromatic N) is 1. The molecular formula is C33H47N3O4. The highest BCUT2D eigenvalue weighted by Crippen LogP contribution is 2.22. The molecule has 3 rings (SSSR count). The zero-order chi connectivity index (χ0) is 28.4. The van der Waals surface area contributed by atoms with Crippen molar-refractivity contribution in [3.05, 3.63) is 71.8 Å². The van der Waals surface area contributed by atoms with Crippen molar-refractivity contribution in [3.8, 4) is 0 Å². The number of carbonyl (C=O) groups excluding carboxylic acids is 3. The normalized spacial score (nSPS) is 14.4. The number of benzene rings is 2. The Bertz CT molecular complexity index is 1010. The lowest BCUT2D eigenvalue weighted by molar-refractivity contribution is -0.135. The fourth-order valence-corrected chi connectivity index (χ4v) is 5.19. The average molecular weight is 550 g/mol. The van der Waals surface area contributed by atoms with Gasteiger partial charge in [-0.05, 0) is 62.0 Å². The van der Waals surface area contributed by atoms with Crippen LogP contribution in [0.5, 0.6) is 0 Å². The molecule has 7 heteroatoms. The largest absolute Gasteiger partial charge is 0.445 e. The van der Waals surface area contributed by atoms with Gasteiger partial charge in [-0.25, -0.2) is 4.79 Å². The van der Waals surface area contributed by atoms with Gasteiger partial charge in [0.1, 0.15) is 12.6 Å². The number of ether oxygens (including phenoxy) is 1. The summed E-state index contributed by atoms with van der Waals surface area (Å²) in [5.74, 6) is 0.596. The van der Waals surface area contributed by atoms with E-state index in [2.05, 4.69) is 41.8 Å². The Morgan fingerprint density at radius 2 is 1.55 bits per heavy atom. The van der Waals surface area contributed by atoms with E-state index in [-0.39, 0.29) is 18.4 Å². The molecule has 1 fully saturated rings. The lowest BCUT2D eigenvalue weighted by Crippen LogP contribution is -2.51. The molecule has 7 nitrogen and oxygen atoms in total. The van der Waals surface area contributed by atoms with Crippen molar-refractivity contribution < 1.29 is 19.1 Å². The molecule has 218 valence electrons. The number of piperidine rings is 1. The van der Waals surface area contributed by atoms with E-state index in [9.17, 15) is 14.4 Å². The molecule has 1 aliphatic rings. The number of alkyl carbamates (subject to hydrolysis) is 1. The fraction of sp³-hybridized carbons (Fsp3) is 0.545. The summed E-state index contributed by atoms with van der Waals surface area (Å²) in [6.07, 6.45) is 9.23. The predicted octanol–water partition coefficient (Wildman–Crippen LogP) is 6.02. The SMILES string of the molecule is CCCCCCC(=O)NCCCC[C@@H](NC(=O)OCc1ccccc1)C(=O)N1CCC(Cc2ccccc2)CC1. The van der Waals surface area contributed by atoms with Crippen LogP contribution in [0.15, 0.2) is 60.7 Å². The molecule has 1 saturated heterocycles. The van der Waals surface area contributed by atoms with Crippen LogP contribution in [0.1, 0.15) is 82.3 Å². The summed E-state index contributed by atoms with van der Waals surface area (Å²) in [6.45, 7) is 4.28. The minimum Gasteiger partial charge on any atom is -0.445 e.